The number of hydrogen-bond acceptors (Lipinski definition) is 0. The molecule has 0 fully saturated rings. The summed E-state index contributed by atoms with van der Waals surface area (Å²) in [5, 5.41) is 10.3. The summed E-state index contributed by atoms with van der Waals surface area (Å²) in [6, 6.07) is 63.2. The maximum atomic E-state index is 2.45. The van der Waals surface area contributed by atoms with Gasteiger partial charge in [-0.1, -0.05) is 166 Å². The lowest BCUT2D eigenvalue weighted by Gasteiger charge is -2.23. The van der Waals surface area contributed by atoms with Crippen LogP contribution in [0.1, 0.15) is 25.0 Å². The summed E-state index contributed by atoms with van der Waals surface area (Å²) >= 11 is 0. The van der Waals surface area contributed by atoms with Crippen LogP contribution in [0.5, 0.6) is 0 Å². The van der Waals surface area contributed by atoms with Crippen molar-refractivity contribution in [3.05, 3.63) is 181 Å². The zero-order valence-corrected chi connectivity index (χ0v) is 27.7. The van der Waals surface area contributed by atoms with Crippen LogP contribution in [0.15, 0.2) is 170 Å². The molecule has 0 spiro atoms. The second-order valence-corrected chi connectivity index (χ2v) is 14.1. The summed E-state index contributed by atoms with van der Waals surface area (Å²) in [5.74, 6) is 0. The molecule has 0 heterocycles. The number of hydrogen-bond donors (Lipinski definition) is 0. The van der Waals surface area contributed by atoms with E-state index in [-0.39, 0.29) is 5.41 Å². The summed E-state index contributed by atoms with van der Waals surface area (Å²) in [4.78, 5) is 0. The molecule has 0 unspecified atom stereocenters. The van der Waals surface area contributed by atoms with E-state index in [9.17, 15) is 0 Å². The van der Waals surface area contributed by atoms with Crippen molar-refractivity contribution in [2.24, 2.45) is 0 Å². The Kier molecular flexibility index (Phi) is 6.02. The predicted molar refractivity (Wildman–Crippen MR) is 210 cm³/mol. The monoisotopic (exact) mass is 622 g/mol. The molecule has 10 rings (SSSR count). The van der Waals surface area contributed by atoms with Crippen LogP contribution in [-0.4, -0.2) is 0 Å². The molecule has 0 bridgehead atoms. The summed E-state index contributed by atoms with van der Waals surface area (Å²) in [6.07, 6.45) is 0. The number of benzene rings is 9. The third-order valence-corrected chi connectivity index (χ3v) is 11.1. The van der Waals surface area contributed by atoms with Gasteiger partial charge < -0.3 is 0 Å². The molecule has 230 valence electrons. The first-order valence-electron chi connectivity index (χ1n) is 17.3. The fraction of sp³-hybridized carbons (Fsp3) is 0.0612. The highest BCUT2D eigenvalue weighted by Gasteiger charge is 2.36. The molecule has 0 saturated carbocycles. The van der Waals surface area contributed by atoms with Crippen molar-refractivity contribution in [1.82, 2.24) is 0 Å². The van der Waals surface area contributed by atoms with Gasteiger partial charge in [0.2, 0.25) is 0 Å². The number of rotatable bonds is 3. The summed E-state index contributed by atoms with van der Waals surface area (Å²) in [7, 11) is 0. The zero-order valence-electron chi connectivity index (χ0n) is 27.7. The largest absolute Gasteiger partial charge is 0.0622 e. The Labute approximate surface area is 286 Å². The Balaban J connectivity index is 1.15. The highest BCUT2D eigenvalue weighted by molar-refractivity contribution is 6.22. The molecule has 1 aliphatic rings. The van der Waals surface area contributed by atoms with Gasteiger partial charge in [0.05, 0.1) is 0 Å². The second kappa shape index (κ2) is 10.5. The van der Waals surface area contributed by atoms with Crippen molar-refractivity contribution >= 4 is 43.1 Å². The first-order chi connectivity index (χ1) is 24.1. The van der Waals surface area contributed by atoms with Crippen LogP contribution in [0.3, 0.4) is 0 Å². The van der Waals surface area contributed by atoms with Gasteiger partial charge in [0, 0.05) is 5.41 Å². The van der Waals surface area contributed by atoms with Crippen LogP contribution in [0.2, 0.25) is 0 Å². The van der Waals surface area contributed by atoms with Crippen molar-refractivity contribution < 1.29 is 0 Å². The first-order valence-corrected chi connectivity index (χ1v) is 17.3. The van der Waals surface area contributed by atoms with Gasteiger partial charge in [-0.05, 0) is 117 Å². The summed E-state index contributed by atoms with van der Waals surface area (Å²) < 4.78 is 0. The minimum absolute atomic E-state index is 0.103. The molecule has 0 radical (unpaired) electrons. The lowest BCUT2D eigenvalue weighted by molar-refractivity contribution is 0.661. The maximum absolute atomic E-state index is 2.45. The van der Waals surface area contributed by atoms with Crippen LogP contribution < -0.4 is 0 Å². The molecule has 0 amide bonds. The highest BCUT2D eigenvalue weighted by atomic mass is 14.4. The van der Waals surface area contributed by atoms with Gasteiger partial charge in [0.15, 0.2) is 0 Å². The second-order valence-electron chi connectivity index (χ2n) is 14.1. The van der Waals surface area contributed by atoms with Gasteiger partial charge >= 0.3 is 0 Å². The molecular weight excluding hydrogens is 589 g/mol. The molecule has 0 aromatic heterocycles. The highest BCUT2D eigenvalue weighted by Crippen LogP contribution is 2.51. The van der Waals surface area contributed by atoms with Crippen molar-refractivity contribution in [2.75, 3.05) is 0 Å². The van der Waals surface area contributed by atoms with E-state index in [2.05, 4.69) is 184 Å². The van der Waals surface area contributed by atoms with Crippen LogP contribution in [0, 0.1) is 0 Å². The molecule has 0 nitrogen and oxygen atoms in total. The van der Waals surface area contributed by atoms with Crippen molar-refractivity contribution in [3.8, 4) is 44.5 Å². The molecule has 1 aliphatic carbocycles. The molecule has 0 saturated heterocycles. The van der Waals surface area contributed by atoms with Gasteiger partial charge in [0.1, 0.15) is 0 Å². The lowest BCUT2D eigenvalue weighted by atomic mass is 9.80. The van der Waals surface area contributed by atoms with E-state index in [1.54, 1.807) is 0 Å². The summed E-state index contributed by atoms with van der Waals surface area (Å²) in [5.41, 5.74) is 13.0. The quantitative estimate of drug-likeness (QED) is 0.172. The van der Waals surface area contributed by atoms with Crippen molar-refractivity contribution in [3.63, 3.8) is 0 Å². The van der Waals surface area contributed by atoms with Gasteiger partial charge in [-0.2, -0.15) is 0 Å². The third-order valence-electron chi connectivity index (χ3n) is 11.1. The fourth-order valence-electron chi connectivity index (χ4n) is 8.60. The molecule has 0 atom stereocenters. The summed E-state index contributed by atoms with van der Waals surface area (Å²) in [6.45, 7) is 4.76. The molecule has 9 aromatic carbocycles. The van der Waals surface area contributed by atoms with Gasteiger partial charge in [-0.3, -0.25) is 0 Å². The molecule has 0 aliphatic heterocycles. The zero-order chi connectivity index (χ0) is 32.7. The third kappa shape index (κ3) is 4.17. The number of fused-ring (bicyclic) bond motifs is 9. The molecule has 0 N–H and O–H groups in total. The van der Waals surface area contributed by atoms with Crippen LogP contribution in [-0.2, 0) is 5.41 Å². The van der Waals surface area contributed by atoms with Crippen LogP contribution in [0.4, 0.5) is 0 Å². The Morgan fingerprint density at radius 1 is 0.286 bits per heavy atom. The van der Waals surface area contributed by atoms with E-state index in [4.69, 9.17) is 0 Å². The van der Waals surface area contributed by atoms with Crippen LogP contribution >= 0.6 is 0 Å². The van der Waals surface area contributed by atoms with Gasteiger partial charge in [-0.15, -0.1) is 0 Å². The standard InChI is InChI=1S/C49H34/c1-49(2)47-28-33(31-12-4-3-5-13-31)23-26-43(47)44-27-24-34(29-48(44)49)36-18-10-20-39-37(36)19-11-21-41(39)46-30-45-35-15-7-6-14-32(35)22-25-42(45)38-16-8-9-17-40(38)46/h3-30H,1-2H3. The first kappa shape index (κ1) is 28.1. The maximum Gasteiger partial charge on any atom is 0.0159 e. The molecular formula is C49H34. The molecule has 0 heteroatoms. The normalized spacial score (nSPS) is 13.3. The average molecular weight is 623 g/mol. The van der Waals surface area contributed by atoms with E-state index >= 15 is 0 Å². The van der Waals surface area contributed by atoms with Crippen molar-refractivity contribution in [1.29, 1.82) is 0 Å². The SMILES string of the molecule is CC1(C)c2cc(-c3ccccc3)ccc2-c2ccc(-c3cccc4c(-c5cc6c7ccccc7ccc6c6ccccc56)cccc34)cc21. The Hall–Kier alpha value is -5.98. The topological polar surface area (TPSA) is 0 Å². The van der Waals surface area contributed by atoms with E-state index in [0.717, 1.165) is 0 Å². The van der Waals surface area contributed by atoms with Gasteiger partial charge in [-0.25, -0.2) is 0 Å². The van der Waals surface area contributed by atoms with Crippen LogP contribution in [0.25, 0.3) is 87.6 Å². The van der Waals surface area contributed by atoms with E-state index in [0.29, 0.717) is 0 Å². The average Bonchev–Trinajstić information content (AvgIpc) is 3.39. The minimum atomic E-state index is -0.103. The smallest absolute Gasteiger partial charge is 0.0159 e. The Morgan fingerprint density at radius 2 is 0.837 bits per heavy atom. The lowest BCUT2D eigenvalue weighted by Crippen LogP contribution is -2.15. The van der Waals surface area contributed by atoms with E-state index in [1.807, 2.05) is 0 Å². The van der Waals surface area contributed by atoms with E-state index in [1.165, 1.54) is 98.7 Å². The molecule has 49 heavy (non-hydrogen) atoms. The van der Waals surface area contributed by atoms with Gasteiger partial charge in [0.25, 0.3) is 0 Å². The Morgan fingerprint density at radius 3 is 1.61 bits per heavy atom. The fourth-order valence-corrected chi connectivity index (χ4v) is 8.60. The predicted octanol–water partition coefficient (Wildman–Crippen LogP) is 13.6. The molecule has 9 aromatic rings. The van der Waals surface area contributed by atoms with E-state index < -0.39 is 0 Å². The Bertz CT molecular complexity index is 2780. The van der Waals surface area contributed by atoms with Crippen molar-refractivity contribution in [2.45, 2.75) is 19.3 Å². The minimum Gasteiger partial charge on any atom is -0.0622 e.